The van der Waals surface area contributed by atoms with Crippen LogP contribution in [0.15, 0.2) is 322 Å². The lowest BCUT2D eigenvalue weighted by Crippen LogP contribution is -2.27. The molecule has 23 heteroatoms. The highest BCUT2D eigenvalue weighted by atomic mass is 31.2. The quantitative estimate of drug-likeness (QED) is 0.0313. The van der Waals surface area contributed by atoms with Gasteiger partial charge in [0, 0.05) is 79.3 Å². The molecule has 0 aliphatic heterocycles. The summed E-state index contributed by atoms with van der Waals surface area (Å²) >= 11 is 0. The summed E-state index contributed by atoms with van der Waals surface area (Å²) in [5.41, 5.74) is 6.59. The maximum atomic E-state index is 15.2. The smallest absolute Gasteiger partial charge is 0.456 e. The Bertz CT molecular complexity index is 4930. The van der Waals surface area contributed by atoms with Crippen LogP contribution >= 0.6 is 22.5 Å². The zero-order chi connectivity index (χ0) is 67.6. The molecule has 20 nitrogen and oxygen atoms in total. The molecule has 16 aromatic rings. The lowest BCUT2D eigenvalue weighted by Gasteiger charge is -2.25. The van der Waals surface area contributed by atoms with Gasteiger partial charge in [0.1, 0.15) is 23.1 Å². The van der Waals surface area contributed by atoms with Crippen molar-refractivity contribution >= 4 is 120 Å². The van der Waals surface area contributed by atoms with Crippen LogP contribution in [0.5, 0.6) is 11.5 Å². The Morgan fingerprint density at radius 2 is 0.566 bits per heavy atom. The Kier molecular flexibility index (Phi) is 19.7. The minimum Gasteiger partial charge on any atom is -0.456 e. The highest BCUT2D eigenvalue weighted by Gasteiger charge is 2.36. The fourth-order valence-corrected chi connectivity index (χ4v) is 18.2. The Morgan fingerprint density at radius 1 is 0.303 bits per heavy atom. The minimum absolute atomic E-state index is 0.462. The molecule has 4 heterocycles. The number of hydrogen-bond donors (Lipinski definition) is 2. The van der Waals surface area contributed by atoms with Gasteiger partial charge in [-0.3, -0.25) is 13.7 Å². The summed E-state index contributed by atoms with van der Waals surface area (Å²) in [6.45, 7) is 0. The lowest BCUT2D eigenvalue weighted by atomic mass is 10.2. The van der Waals surface area contributed by atoms with Crippen LogP contribution in [0.4, 0.5) is 0 Å². The number of aromatic nitrogens is 5. The number of fused-ring (bicyclic) bond motifs is 9. The van der Waals surface area contributed by atoms with Crippen molar-refractivity contribution in [2.75, 3.05) is 0 Å². The standard InChI is InChI=1S/C40H25N5.C36H28O3P2.HO12P/c1-7-19-32-26(13-1)27-14-2-8-20-33(27)43(32)38-25-39(44-34-21-9-3-15-28(34)29-16-4-10-22-35(29)44)42-40(41-38)45-36-23-11-5-17-30(36)31-18-6-12-24-37(31)45;37-40(29-17-5-1-6-18-29,30-19-7-2-8-20-30)35-27-15-13-25-33(35)39-34-26-14-16-28-36(34)41(38,31-21-9-3-10-22-31)32-23-11-4-12-24-32;1-4-6-8-10-12-13(3)11-9-7-5-2/h1-25H;1-28H;(H-,1,2)/p+1. The van der Waals surface area contributed by atoms with Crippen molar-refractivity contribution in [1.82, 2.24) is 23.7 Å². The summed E-state index contributed by atoms with van der Waals surface area (Å²) in [5.74, 6) is 3.18. The van der Waals surface area contributed by atoms with Crippen molar-refractivity contribution in [2.45, 2.75) is 0 Å². The van der Waals surface area contributed by atoms with Crippen LogP contribution in [0.1, 0.15) is 0 Å². The van der Waals surface area contributed by atoms with Gasteiger partial charge in [-0.25, -0.2) is 10.5 Å². The second-order valence-corrected chi connectivity index (χ2v) is 28.2. The van der Waals surface area contributed by atoms with Crippen LogP contribution in [0, 0.1) is 0 Å². The number of benzene rings is 12. The van der Waals surface area contributed by atoms with E-state index in [1.807, 2.05) is 170 Å². The average molecular weight is 1370 g/mol. The van der Waals surface area contributed by atoms with Crippen molar-refractivity contribution in [3.63, 3.8) is 0 Å². The molecule has 0 saturated heterocycles. The molecule has 0 spiro atoms. The van der Waals surface area contributed by atoms with Crippen molar-refractivity contribution in [3.8, 4) is 29.1 Å². The predicted octanol–water partition coefficient (Wildman–Crippen LogP) is 16.7. The number of hydrogen-bond acceptors (Lipinski definition) is 17. The molecule has 99 heavy (non-hydrogen) atoms. The molecule has 0 aliphatic rings. The van der Waals surface area contributed by atoms with Crippen LogP contribution in [0.2, 0.25) is 0 Å². The molecule has 16 rings (SSSR count). The minimum atomic E-state index is -3.32. The maximum absolute atomic E-state index is 15.2. The Hall–Kier alpha value is -11.0. The van der Waals surface area contributed by atoms with E-state index >= 15 is 9.13 Å². The van der Waals surface area contributed by atoms with Gasteiger partial charge in [-0.2, -0.15) is 9.97 Å². The summed E-state index contributed by atoms with van der Waals surface area (Å²) in [6, 6.07) is 106. The summed E-state index contributed by atoms with van der Waals surface area (Å²) in [6.07, 6.45) is 0. The molecule has 0 fully saturated rings. The van der Waals surface area contributed by atoms with Crippen LogP contribution in [-0.4, -0.2) is 34.2 Å². The second kappa shape index (κ2) is 29.8. The van der Waals surface area contributed by atoms with E-state index in [9.17, 15) is 4.57 Å². The van der Waals surface area contributed by atoms with Gasteiger partial charge in [-0.15, -0.1) is 0 Å². The SMILES string of the molecule is O=P(c1ccccc1)(c1ccccc1)c1ccccc1Oc1ccccc1P(=O)(c1ccccc1)c1ccccc1.O=[P+](OOOOO)OOOOOO.c1ccc2c(c1)c1ccccc1n2-c1cc(-n2c3ccccc3c3ccccc32)nc(-n2c3ccccc3c3ccccc32)n1. The van der Waals surface area contributed by atoms with Gasteiger partial charge in [0.2, 0.25) is 5.95 Å². The summed E-state index contributed by atoms with van der Waals surface area (Å²) in [4.78, 5) is 10.8. The molecule has 0 saturated carbocycles. The molecule has 1 atom stereocenters. The fraction of sp³-hybridized carbons (Fsp3) is 0. The van der Waals surface area contributed by atoms with Crippen molar-refractivity contribution in [3.05, 3.63) is 322 Å². The van der Waals surface area contributed by atoms with Gasteiger partial charge in [0.15, 0.2) is 14.3 Å². The molecular weight excluding hydrogens is 1320 g/mol. The number of ether oxygens (including phenoxy) is 1. The van der Waals surface area contributed by atoms with Gasteiger partial charge >= 0.3 is 8.25 Å². The van der Waals surface area contributed by atoms with Crippen LogP contribution in [0.3, 0.4) is 0 Å². The van der Waals surface area contributed by atoms with Crippen LogP contribution in [0.25, 0.3) is 83.0 Å². The molecule has 1 unspecified atom stereocenters. The number of nitrogens with zero attached hydrogens (tertiary/aromatic N) is 5. The molecule has 2 N–H and O–H groups in total. The average Bonchev–Trinajstić information content (AvgIpc) is 1.68. The largest absolute Gasteiger partial charge is 0.764 e. The van der Waals surface area contributed by atoms with Crippen molar-refractivity contribution in [2.24, 2.45) is 0 Å². The van der Waals surface area contributed by atoms with E-state index in [2.05, 4.69) is 210 Å². The molecule has 0 bridgehead atoms. The highest BCUT2D eigenvalue weighted by Crippen LogP contribution is 2.49. The first-order valence-corrected chi connectivity index (χ1v) is 35.2. The third-order valence-electron chi connectivity index (χ3n) is 16.5. The van der Waals surface area contributed by atoms with E-state index in [4.69, 9.17) is 25.2 Å². The zero-order valence-electron chi connectivity index (χ0n) is 51.9. The highest BCUT2D eigenvalue weighted by molar-refractivity contribution is 7.86. The molecule has 0 radical (unpaired) electrons. The Balaban J connectivity index is 0.000000144. The summed E-state index contributed by atoms with van der Waals surface area (Å²) in [5, 5.41) is 48.3. The van der Waals surface area contributed by atoms with Crippen molar-refractivity contribution < 1.29 is 73.6 Å². The molecule has 488 valence electrons. The van der Waals surface area contributed by atoms with Crippen LogP contribution in [-0.2, 0) is 58.3 Å². The Morgan fingerprint density at radius 3 is 0.889 bits per heavy atom. The second-order valence-electron chi connectivity index (χ2n) is 22.0. The van der Waals surface area contributed by atoms with Crippen LogP contribution < -0.4 is 36.6 Å². The maximum Gasteiger partial charge on any atom is 0.764 e. The first-order valence-electron chi connectivity index (χ1n) is 30.7. The zero-order valence-corrected chi connectivity index (χ0v) is 54.6. The topological polar surface area (TPSA) is 225 Å². The van der Waals surface area contributed by atoms with E-state index in [-0.39, 0.29) is 0 Å². The summed E-state index contributed by atoms with van der Waals surface area (Å²) in [7, 11) is -9.60. The molecule has 0 amide bonds. The lowest BCUT2D eigenvalue weighted by molar-refractivity contribution is -0.743. The first kappa shape index (κ1) is 65.3. The predicted molar refractivity (Wildman–Crippen MR) is 379 cm³/mol. The third kappa shape index (κ3) is 13.0. The van der Waals surface area contributed by atoms with E-state index in [1.54, 1.807) is 0 Å². The Labute approximate surface area is 564 Å². The van der Waals surface area contributed by atoms with Gasteiger partial charge < -0.3 is 13.9 Å². The molecular formula is C76H55N5O15P3+. The number of para-hydroxylation sites is 8. The van der Waals surface area contributed by atoms with Gasteiger partial charge in [-0.1, -0.05) is 255 Å². The fourth-order valence-electron chi connectivity index (χ4n) is 12.5. The van der Waals surface area contributed by atoms with Gasteiger partial charge in [-0.05, 0) is 80.8 Å². The van der Waals surface area contributed by atoms with E-state index < -0.39 is 22.5 Å². The van der Waals surface area contributed by atoms with E-state index in [0.717, 1.165) is 66.0 Å². The summed E-state index contributed by atoms with van der Waals surface area (Å²) < 4.78 is 61.3. The molecule has 0 aliphatic carbocycles. The number of rotatable bonds is 20. The normalized spacial score (nSPS) is 11.8. The van der Waals surface area contributed by atoms with Gasteiger partial charge in [0.05, 0.1) is 53.1 Å². The third-order valence-corrected chi connectivity index (χ3v) is 23.1. The van der Waals surface area contributed by atoms with Crippen molar-refractivity contribution in [1.29, 1.82) is 0 Å². The molecule has 12 aromatic carbocycles. The van der Waals surface area contributed by atoms with E-state index in [1.165, 1.54) is 32.3 Å². The van der Waals surface area contributed by atoms with Gasteiger partial charge in [0.25, 0.3) is 0 Å². The first-order chi connectivity index (χ1) is 48.8. The monoisotopic (exact) mass is 1370 g/mol. The van der Waals surface area contributed by atoms with E-state index in [0.29, 0.717) is 28.1 Å². The molecule has 4 aromatic heterocycles.